The summed E-state index contributed by atoms with van der Waals surface area (Å²) in [5.74, 6) is 0.813. The van der Waals surface area contributed by atoms with Crippen molar-refractivity contribution in [1.82, 2.24) is 4.98 Å². The standard InChI is InChI=1S/C10H11NOS/c1-12-10-5-7-3-4-8(13-2)6-9(7)11-10/h3-6,11H,1-2H3. The third-order valence-corrected chi connectivity index (χ3v) is 2.75. The Morgan fingerprint density at radius 3 is 2.85 bits per heavy atom. The van der Waals surface area contributed by atoms with Crippen molar-refractivity contribution in [3.63, 3.8) is 0 Å². The van der Waals surface area contributed by atoms with Crippen LogP contribution in [0.4, 0.5) is 0 Å². The molecule has 0 spiro atoms. The number of aromatic amines is 1. The van der Waals surface area contributed by atoms with E-state index in [0.717, 1.165) is 11.4 Å². The molecule has 1 aromatic heterocycles. The van der Waals surface area contributed by atoms with Crippen molar-refractivity contribution >= 4 is 22.7 Å². The van der Waals surface area contributed by atoms with Gasteiger partial charge in [0.25, 0.3) is 0 Å². The highest BCUT2D eigenvalue weighted by molar-refractivity contribution is 7.98. The molecule has 0 aliphatic heterocycles. The zero-order chi connectivity index (χ0) is 9.26. The van der Waals surface area contributed by atoms with E-state index in [1.807, 2.05) is 6.07 Å². The fourth-order valence-electron chi connectivity index (χ4n) is 1.32. The summed E-state index contributed by atoms with van der Waals surface area (Å²) in [6, 6.07) is 8.34. The van der Waals surface area contributed by atoms with Crippen molar-refractivity contribution in [2.45, 2.75) is 4.90 Å². The maximum Gasteiger partial charge on any atom is 0.191 e. The van der Waals surface area contributed by atoms with Crippen molar-refractivity contribution in [3.8, 4) is 5.88 Å². The van der Waals surface area contributed by atoms with Gasteiger partial charge in [-0.05, 0) is 18.4 Å². The highest BCUT2D eigenvalue weighted by Crippen LogP contribution is 2.24. The molecule has 1 N–H and O–H groups in total. The lowest BCUT2D eigenvalue weighted by molar-refractivity contribution is 0.401. The molecule has 0 bridgehead atoms. The Kier molecular flexibility index (Phi) is 2.19. The molecule has 2 rings (SSSR count). The van der Waals surface area contributed by atoms with Crippen LogP contribution < -0.4 is 4.74 Å². The molecule has 0 atom stereocenters. The van der Waals surface area contributed by atoms with Gasteiger partial charge in [-0.1, -0.05) is 6.07 Å². The molecule has 0 saturated carbocycles. The first-order chi connectivity index (χ1) is 6.33. The number of hydrogen-bond donors (Lipinski definition) is 1. The summed E-state index contributed by atoms with van der Waals surface area (Å²) >= 11 is 1.74. The molecular weight excluding hydrogens is 182 g/mol. The molecule has 0 aliphatic carbocycles. The van der Waals surface area contributed by atoms with Gasteiger partial charge >= 0.3 is 0 Å². The smallest absolute Gasteiger partial charge is 0.191 e. The van der Waals surface area contributed by atoms with Crippen LogP contribution in [0.1, 0.15) is 0 Å². The Bertz CT molecular complexity index is 420. The van der Waals surface area contributed by atoms with Crippen molar-refractivity contribution in [2.24, 2.45) is 0 Å². The zero-order valence-electron chi connectivity index (χ0n) is 7.63. The molecule has 0 aliphatic rings. The van der Waals surface area contributed by atoms with E-state index in [-0.39, 0.29) is 0 Å². The molecule has 0 fully saturated rings. The first-order valence-electron chi connectivity index (χ1n) is 4.04. The SMILES string of the molecule is COc1cc2ccc(SC)cc2[nH]1. The zero-order valence-corrected chi connectivity index (χ0v) is 8.44. The van der Waals surface area contributed by atoms with Crippen LogP contribution in [0.25, 0.3) is 10.9 Å². The normalized spacial score (nSPS) is 10.6. The first-order valence-corrected chi connectivity index (χ1v) is 5.26. The molecule has 1 aromatic carbocycles. The maximum absolute atomic E-state index is 5.11. The van der Waals surface area contributed by atoms with Gasteiger partial charge in [0, 0.05) is 21.9 Å². The largest absolute Gasteiger partial charge is 0.482 e. The second-order valence-electron chi connectivity index (χ2n) is 2.79. The number of hydrogen-bond acceptors (Lipinski definition) is 2. The van der Waals surface area contributed by atoms with Crippen molar-refractivity contribution in [2.75, 3.05) is 13.4 Å². The molecule has 2 aromatic rings. The van der Waals surface area contributed by atoms with E-state index in [1.165, 1.54) is 10.3 Å². The highest BCUT2D eigenvalue weighted by Gasteiger charge is 2.00. The average molecular weight is 193 g/mol. The van der Waals surface area contributed by atoms with Crippen molar-refractivity contribution in [1.29, 1.82) is 0 Å². The van der Waals surface area contributed by atoms with Gasteiger partial charge in [-0.3, -0.25) is 0 Å². The second-order valence-corrected chi connectivity index (χ2v) is 3.67. The average Bonchev–Trinajstić information content (AvgIpc) is 2.58. The Balaban J connectivity index is 2.57. The van der Waals surface area contributed by atoms with Gasteiger partial charge in [0.05, 0.1) is 7.11 Å². The molecule has 13 heavy (non-hydrogen) atoms. The number of benzene rings is 1. The first kappa shape index (κ1) is 8.51. The summed E-state index contributed by atoms with van der Waals surface area (Å²) in [5.41, 5.74) is 1.13. The Hall–Kier alpha value is -1.09. The maximum atomic E-state index is 5.11. The number of methoxy groups -OCH3 is 1. The molecule has 0 radical (unpaired) electrons. The van der Waals surface area contributed by atoms with Crippen LogP contribution in [0.2, 0.25) is 0 Å². The number of thioether (sulfide) groups is 1. The van der Waals surface area contributed by atoms with E-state index < -0.39 is 0 Å². The van der Waals surface area contributed by atoms with Gasteiger partial charge < -0.3 is 9.72 Å². The third kappa shape index (κ3) is 1.52. The van der Waals surface area contributed by atoms with Crippen LogP contribution in [0.5, 0.6) is 5.88 Å². The van der Waals surface area contributed by atoms with Crippen molar-refractivity contribution in [3.05, 3.63) is 24.3 Å². The molecule has 1 heterocycles. The Labute approximate surface area is 81.3 Å². The number of H-pyrrole nitrogens is 1. The lowest BCUT2D eigenvalue weighted by atomic mass is 10.2. The topological polar surface area (TPSA) is 25.0 Å². The van der Waals surface area contributed by atoms with Crippen LogP contribution in [-0.2, 0) is 0 Å². The van der Waals surface area contributed by atoms with Crippen LogP contribution in [0, 0.1) is 0 Å². The molecule has 3 heteroatoms. The molecule has 68 valence electrons. The molecule has 2 nitrogen and oxygen atoms in total. The summed E-state index contributed by atoms with van der Waals surface area (Å²) in [4.78, 5) is 4.45. The fourth-order valence-corrected chi connectivity index (χ4v) is 1.76. The molecular formula is C10H11NOS. The lowest BCUT2D eigenvalue weighted by Crippen LogP contribution is -1.79. The number of aromatic nitrogens is 1. The summed E-state index contributed by atoms with van der Waals surface area (Å²) in [7, 11) is 1.67. The van der Waals surface area contributed by atoms with E-state index in [0.29, 0.717) is 0 Å². The molecule has 0 amide bonds. The Morgan fingerprint density at radius 2 is 2.15 bits per heavy atom. The third-order valence-electron chi connectivity index (χ3n) is 2.02. The summed E-state index contributed by atoms with van der Waals surface area (Å²) in [6.45, 7) is 0. The number of rotatable bonds is 2. The summed E-state index contributed by atoms with van der Waals surface area (Å²) < 4.78 is 5.11. The highest BCUT2D eigenvalue weighted by atomic mass is 32.2. The van der Waals surface area contributed by atoms with Gasteiger partial charge in [-0.25, -0.2) is 0 Å². The van der Waals surface area contributed by atoms with E-state index in [9.17, 15) is 0 Å². The van der Waals surface area contributed by atoms with Crippen LogP contribution in [-0.4, -0.2) is 18.3 Å². The van der Waals surface area contributed by atoms with E-state index >= 15 is 0 Å². The lowest BCUT2D eigenvalue weighted by Gasteiger charge is -1.94. The number of nitrogens with one attached hydrogen (secondary N) is 1. The molecule has 0 saturated heterocycles. The number of fused-ring (bicyclic) bond motifs is 1. The van der Waals surface area contributed by atoms with E-state index in [4.69, 9.17) is 4.74 Å². The quantitative estimate of drug-likeness (QED) is 0.742. The van der Waals surface area contributed by atoms with Gasteiger partial charge in [0.2, 0.25) is 0 Å². The predicted molar refractivity (Wildman–Crippen MR) is 56.6 cm³/mol. The minimum Gasteiger partial charge on any atom is -0.482 e. The second kappa shape index (κ2) is 3.34. The number of ether oxygens (including phenoxy) is 1. The van der Waals surface area contributed by atoms with Crippen LogP contribution in [0.3, 0.4) is 0 Å². The van der Waals surface area contributed by atoms with Crippen LogP contribution in [0.15, 0.2) is 29.2 Å². The van der Waals surface area contributed by atoms with Gasteiger partial charge in [-0.2, -0.15) is 0 Å². The minimum atomic E-state index is 0.813. The monoisotopic (exact) mass is 193 g/mol. The summed E-state index contributed by atoms with van der Waals surface area (Å²) in [6.07, 6.45) is 2.07. The van der Waals surface area contributed by atoms with Gasteiger partial charge in [0.1, 0.15) is 0 Å². The van der Waals surface area contributed by atoms with E-state index in [1.54, 1.807) is 18.9 Å². The Morgan fingerprint density at radius 1 is 1.31 bits per heavy atom. The van der Waals surface area contributed by atoms with E-state index in [2.05, 4.69) is 29.4 Å². The predicted octanol–water partition coefficient (Wildman–Crippen LogP) is 2.90. The van der Waals surface area contributed by atoms with Crippen molar-refractivity contribution < 1.29 is 4.74 Å². The molecule has 0 unspecified atom stereocenters. The van der Waals surface area contributed by atoms with Crippen LogP contribution >= 0.6 is 11.8 Å². The van der Waals surface area contributed by atoms with Gasteiger partial charge in [0.15, 0.2) is 5.88 Å². The van der Waals surface area contributed by atoms with Gasteiger partial charge in [-0.15, -0.1) is 11.8 Å². The fraction of sp³-hybridized carbons (Fsp3) is 0.200. The summed E-state index contributed by atoms with van der Waals surface area (Å²) in [5, 5.41) is 1.19. The minimum absolute atomic E-state index is 0.813.